The lowest BCUT2D eigenvalue weighted by Crippen LogP contribution is -2.29. The van der Waals surface area contributed by atoms with Gasteiger partial charge < -0.3 is 10.4 Å². The summed E-state index contributed by atoms with van der Waals surface area (Å²) in [5, 5.41) is 15.2. The molecule has 3 N–H and O–H groups in total. The van der Waals surface area contributed by atoms with Crippen LogP contribution in [-0.4, -0.2) is 27.7 Å². The van der Waals surface area contributed by atoms with Crippen LogP contribution in [0.1, 0.15) is 30.2 Å². The summed E-state index contributed by atoms with van der Waals surface area (Å²) in [5.41, 5.74) is 5.05. The highest BCUT2D eigenvalue weighted by atomic mass is 16.4. The van der Waals surface area contributed by atoms with E-state index in [1.165, 1.54) is 5.56 Å². The molecule has 0 fully saturated rings. The van der Waals surface area contributed by atoms with Crippen molar-refractivity contribution >= 4 is 11.8 Å². The summed E-state index contributed by atoms with van der Waals surface area (Å²) >= 11 is 0. The fourth-order valence-corrected chi connectivity index (χ4v) is 2.75. The Morgan fingerprint density at radius 3 is 3.04 bits per heavy atom. The largest absolute Gasteiger partial charge is 0.481 e. The molecule has 0 aliphatic carbocycles. The van der Waals surface area contributed by atoms with E-state index in [9.17, 15) is 4.79 Å². The van der Waals surface area contributed by atoms with Crippen LogP contribution in [0, 0.1) is 0 Å². The number of nitrogens with one attached hydrogen (secondary N) is 2. The predicted molar refractivity (Wildman–Crippen MR) is 88.1 cm³/mol. The zero-order valence-electron chi connectivity index (χ0n) is 13.1. The summed E-state index contributed by atoms with van der Waals surface area (Å²) in [7, 11) is 0. The van der Waals surface area contributed by atoms with Crippen LogP contribution < -0.4 is 10.6 Å². The van der Waals surface area contributed by atoms with Crippen molar-refractivity contribution in [2.24, 2.45) is 0 Å². The first-order valence-electron chi connectivity index (χ1n) is 7.82. The van der Waals surface area contributed by atoms with Crippen molar-refractivity contribution in [1.82, 2.24) is 15.3 Å². The molecule has 0 saturated carbocycles. The lowest BCUT2D eigenvalue weighted by molar-refractivity contribution is -0.136. The summed E-state index contributed by atoms with van der Waals surface area (Å²) in [5.74, 6) is 0.0660. The van der Waals surface area contributed by atoms with Crippen molar-refractivity contribution in [2.75, 3.05) is 12.0 Å². The average molecular weight is 312 g/mol. The molecule has 2 heterocycles. The third-order valence-corrected chi connectivity index (χ3v) is 3.97. The Bertz CT molecular complexity index is 731. The number of hydrogen-bond acceptors (Lipinski definition) is 5. The zero-order chi connectivity index (χ0) is 16.2. The molecule has 3 rings (SSSR count). The maximum atomic E-state index is 10.7. The summed E-state index contributed by atoms with van der Waals surface area (Å²) in [6.45, 7) is 3.51. The lowest BCUT2D eigenvalue weighted by atomic mass is 9.97. The number of benzene rings is 1. The van der Waals surface area contributed by atoms with Crippen LogP contribution in [0.15, 0.2) is 24.4 Å². The molecule has 1 aromatic heterocycles. The van der Waals surface area contributed by atoms with Gasteiger partial charge in [0.05, 0.1) is 24.3 Å². The lowest BCUT2D eigenvalue weighted by Gasteiger charge is -2.18. The van der Waals surface area contributed by atoms with Crippen LogP contribution in [-0.2, 0) is 24.2 Å². The van der Waals surface area contributed by atoms with Crippen molar-refractivity contribution in [1.29, 1.82) is 0 Å². The van der Waals surface area contributed by atoms with Crippen LogP contribution in [0.2, 0.25) is 0 Å². The Morgan fingerprint density at radius 1 is 1.39 bits per heavy atom. The molecule has 0 spiro atoms. The van der Waals surface area contributed by atoms with Crippen LogP contribution in [0.5, 0.6) is 0 Å². The van der Waals surface area contributed by atoms with Gasteiger partial charge in [-0.1, -0.05) is 25.1 Å². The molecule has 0 saturated heterocycles. The van der Waals surface area contributed by atoms with E-state index in [0.29, 0.717) is 19.6 Å². The Kier molecular flexibility index (Phi) is 4.52. The number of anilines is 1. The predicted octanol–water partition coefficient (Wildman–Crippen LogP) is 2.20. The van der Waals surface area contributed by atoms with E-state index in [-0.39, 0.29) is 6.42 Å². The fourth-order valence-electron chi connectivity index (χ4n) is 2.75. The molecule has 6 nitrogen and oxygen atoms in total. The van der Waals surface area contributed by atoms with Gasteiger partial charge in [-0.25, -0.2) is 9.97 Å². The topological polar surface area (TPSA) is 87.1 Å². The van der Waals surface area contributed by atoms with Gasteiger partial charge in [-0.2, -0.15) is 0 Å². The van der Waals surface area contributed by atoms with Crippen LogP contribution in [0.25, 0.3) is 11.3 Å². The molecule has 0 amide bonds. The molecule has 6 heteroatoms. The minimum absolute atomic E-state index is 0.151. The minimum Gasteiger partial charge on any atom is -0.481 e. The molecule has 0 atom stereocenters. The molecule has 0 radical (unpaired) electrons. The van der Waals surface area contributed by atoms with Gasteiger partial charge in [0, 0.05) is 18.5 Å². The Hall–Kier alpha value is -2.47. The van der Waals surface area contributed by atoms with Gasteiger partial charge in [-0.15, -0.1) is 0 Å². The first-order valence-corrected chi connectivity index (χ1v) is 7.82. The number of rotatable bonds is 5. The highest BCUT2D eigenvalue weighted by Crippen LogP contribution is 2.26. The second-order valence-electron chi connectivity index (χ2n) is 5.57. The minimum atomic E-state index is -0.771. The van der Waals surface area contributed by atoms with Crippen LogP contribution >= 0.6 is 0 Å². The number of aryl methyl sites for hydroxylation is 2. The van der Waals surface area contributed by atoms with Crippen LogP contribution in [0.4, 0.5) is 5.82 Å². The van der Waals surface area contributed by atoms with Gasteiger partial charge in [-0.3, -0.25) is 10.1 Å². The fraction of sp³-hybridized carbons (Fsp3) is 0.353. The van der Waals surface area contributed by atoms with Crippen molar-refractivity contribution in [3.05, 3.63) is 41.2 Å². The molecular weight excluding hydrogens is 292 g/mol. The Morgan fingerprint density at radius 2 is 2.26 bits per heavy atom. The number of carbonyl (C=O) groups is 1. The highest BCUT2D eigenvalue weighted by Gasteiger charge is 2.14. The molecular formula is C17H20N4O2. The first kappa shape index (κ1) is 15.4. The molecule has 23 heavy (non-hydrogen) atoms. The SMILES string of the molecule is CCc1cc(CCC(=O)O)ccc1-c1cnc2c(n1)CNCN2. The molecule has 0 bridgehead atoms. The summed E-state index contributed by atoms with van der Waals surface area (Å²) < 4.78 is 0. The highest BCUT2D eigenvalue weighted by molar-refractivity contribution is 5.68. The zero-order valence-corrected chi connectivity index (χ0v) is 13.1. The van der Waals surface area contributed by atoms with E-state index < -0.39 is 5.97 Å². The number of aromatic nitrogens is 2. The van der Waals surface area contributed by atoms with Gasteiger partial charge in [0.2, 0.25) is 0 Å². The van der Waals surface area contributed by atoms with Gasteiger partial charge in [-0.05, 0) is 24.0 Å². The molecule has 120 valence electrons. The average Bonchev–Trinajstić information content (AvgIpc) is 2.59. The monoisotopic (exact) mass is 312 g/mol. The van der Waals surface area contributed by atoms with E-state index in [0.717, 1.165) is 34.8 Å². The van der Waals surface area contributed by atoms with Crippen molar-refractivity contribution < 1.29 is 9.90 Å². The maximum Gasteiger partial charge on any atom is 0.303 e. The number of fused-ring (bicyclic) bond motifs is 1. The summed E-state index contributed by atoms with van der Waals surface area (Å²) in [4.78, 5) is 19.9. The molecule has 1 aromatic carbocycles. The van der Waals surface area contributed by atoms with Crippen molar-refractivity contribution in [2.45, 2.75) is 32.7 Å². The molecule has 1 aliphatic rings. The molecule has 2 aromatic rings. The van der Waals surface area contributed by atoms with Crippen molar-refractivity contribution in [3.8, 4) is 11.3 Å². The van der Waals surface area contributed by atoms with Gasteiger partial charge in [0.25, 0.3) is 0 Å². The smallest absolute Gasteiger partial charge is 0.303 e. The quantitative estimate of drug-likeness (QED) is 0.784. The summed E-state index contributed by atoms with van der Waals surface area (Å²) in [6.07, 6.45) is 3.36. The van der Waals surface area contributed by atoms with Crippen LogP contribution in [0.3, 0.4) is 0 Å². The van der Waals surface area contributed by atoms with E-state index >= 15 is 0 Å². The normalized spacial score (nSPS) is 13.3. The second kappa shape index (κ2) is 6.75. The molecule has 1 aliphatic heterocycles. The number of hydrogen-bond donors (Lipinski definition) is 3. The van der Waals surface area contributed by atoms with E-state index in [1.54, 1.807) is 6.20 Å². The first-order chi connectivity index (χ1) is 11.2. The Balaban J connectivity index is 1.91. The number of nitrogens with zero attached hydrogens (tertiary/aromatic N) is 2. The number of carboxylic acid groups (broad SMARTS) is 1. The number of aliphatic carboxylic acids is 1. The standard InChI is InChI=1S/C17H20N4O2/c1-2-12-7-11(4-6-16(22)23)3-5-13(12)14-9-19-17-15(21-14)8-18-10-20-17/h3,5,7,9,18H,2,4,6,8,10H2,1H3,(H,19,20)(H,22,23). The maximum absolute atomic E-state index is 10.7. The Labute approximate surface area is 135 Å². The third-order valence-electron chi connectivity index (χ3n) is 3.97. The third kappa shape index (κ3) is 3.48. The second-order valence-corrected chi connectivity index (χ2v) is 5.57. The molecule has 0 unspecified atom stereocenters. The van der Waals surface area contributed by atoms with Gasteiger partial charge in [0.1, 0.15) is 5.82 Å². The van der Waals surface area contributed by atoms with Gasteiger partial charge in [0.15, 0.2) is 0 Å². The van der Waals surface area contributed by atoms with E-state index in [1.807, 2.05) is 12.1 Å². The van der Waals surface area contributed by atoms with Crippen molar-refractivity contribution in [3.63, 3.8) is 0 Å². The van der Waals surface area contributed by atoms with Gasteiger partial charge >= 0.3 is 5.97 Å². The number of carboxylic acids is 1. The van der Waals surface area contributed by atoms with E-state index in [2.05, 4.69) is 28.6 Å². The summed E-state index contributed by atoms with van der Waals surface area (Å²) in [6, 6.07) is 6.08. The van der Waals surface area contributed by atoms with E-state index in [4.69, 9.17) is 10.1 Å².